The van der Waals surface area contributed by atoms with Crippen molar-refractivity contribution < 1.29 is 28.2 Å². The van der Waals surface area contributed by atoms with Crippen LogP contribution in [0.1, 0.15) is 22.9 Å². The largest absolute Gasteiger partial charge is 0.479 e. The van der Waals surface area contributed by atoms with Crippen LogP contribution in [0.3, 0.4) is 0 Å². The highest BCUT2D eigenvalue weighted by atomic mass is 32.1. The zero-order chi connectivity index (χ0) is 15.4. The van der Waals surface area contributed by atoms with Crippen molar-refractivity contribution in [3.05, 3.63) is 21.9 Å². The molecule has 0 spiro atoms. The molecule has 0 fully saturated rings. The lowest BCUT2D eigenvalue weighted by molar-refractivity contribution is -0.151. The van der Waals surface area contributed by atoms with Gasteiger partial charge in [0.1, 0.15) is 6.61 Å². The highest BCUT2D eigenvalue weighted by Gasteiger charge is 2.36. The summed E-state index contributed by atoms with van der Waals surface area (Å²) in [6, 6.07) is 0.716. The molecule has 1 aliphatic rings. The fraction of sp³-hybridized carbons (Fsp3) is 0.538. The smallest absolute Gasteiger partial charge is 0.331 e. The van der Waals surface area contributed by atoms with E-state index in [4.69, 9.17) is 0 Å². The third-order valence-corrected chi connectivity index (χ3v) is 4.22. The first-order valence-corrected chi connectivity index (χ1v) is 7.33. The third-order valence-electron chi connectivity index (χ3n) is 3.22. The topological polar surface area (TPSA) is 66.8 Å². The van der Waals surface area contributed by atoms with Crippen LogP contribution in [0, 0.1) is 0 Å². The van der Waals surface area contributed by atoms with E-state index in [0.717, 1.165) is 4.88 Å². The van der Waals surface area contributed by atoms with Crippen molar-refractivity contribution >= 4 is 23.2 Å². The lowest BCUT2D eigenvalue weighted by atomic mass is 9.99. The first kappa shape index (κ1) is 15.8. The zero-order valence-electron chi connectivity index (χ0n) is 11.1. The lowest BCUT2D eigenvalue weighted by Gasteiger charge is -2.33. The van der Waals surface area contributed by atoms with Crippen molar-refractivity contribution in [1.82, 2.24) is 4.90 Å². The molecule has 8 heteroatoms. The van der Waals surface area contributed by atoms with Crippen LogP contribution >= 0.6 is 11.3 Å². The minimum absolute atomic E-state index is 0.101. The second-order valence-electron chi connectivity index (χ2n) is 4.59. The van der Waals surface area contributed by atoms with E-state index in [1.807, 2.05) is 0 Å². The van der Waals surface area contributed by atoms with Crippen molar-refractivity contribution in [2.75, 3.05) is 19.8 Å². The number of carbonyl (C=O) groups is 2. The first-order valence-electron chi connectivity index (χ1n) is 6.45. The van der Waals surface area contributed by atoms with Crippen LogP contribution in [-0.2, 0) is 20.7 Å². The number of halogens is 2. The molecule has 0 radical (unpaired) electrons. The van der Waals surface area contributed by atoms with Gasteiger partial charge in [-0.15, -0.1) is 11.3 Å². The van der Waals surface area contributed by atoms with E-state index in [0.29, 0.717) is 18.5 Å². The number of carboxylic acids is 1. The Bertz CT molecular complexity index is 520. The molecule has 21 heavy (non-hydrogen) atoms. The number of carboxylic acid groups (broad SMARTS) is 1. The van der Waals surface area contributed by atoms with Crippen molar-refractivity contribution in [3.8, 4) is 0 Å². The van der Waals surface area contributed by atoms with Crippen molar-refractivity contribution in [2.45, 2.75) is 25.3 Å². The number of carbonyl (C=O) groups excluding carboxylic acids is 1. The van der Waals surface area contributed by atoms with Crippen LogP contribution in [0.15, 0.2) is 11.4 Å². The predicted molar refractivity (Wildman–Crippen MR) is 71.6 cm³/mol. The van der Waals surface area contributed by atoms with Crippen molar-refractivity contribution in [3.63, 3.8) is 0 Å². The van der Waals surface area contributed by atoms with Gasteiger partial charge in [-0.3, -0.25) is 4.79 Å². The monoisotopic (exact) mass is 319 g/mol. The molecule has 2 rings (SSSR count). The maximum absolute atomic E-state index is 12.1. The molecule has 1 amide bonds. The molecule has 0 aliphatic carbocycles. The summed E-state index contributed by atoms with van der Waals surface area (Å²) in [5, 5.41) is 11.2. The molecule has 0 aromatic carbocycles. The van der Waals surface area contributed by atoms with Gasteiger partial charge in [0, 0.05) is 11.4 Å². The number of thiophene rings is 1. The predicted octanol–water partition coefficient (Wildman–Crippen LogP) is 1.93. The summed E-state index contributed by atoms with van der Waals surface area (Å²) in [5.41, 5.74) is 0.639. The number of ether oxygens (including phenoxy) is 1. The van der Waals surface area contributed by atoms with Crippen LogP contribution in [0.25, 0.3) is 0 Å². The van der Waals surface area contributed by atoms with Crippen molar-refractivity contribution in [2.24, 2.45) is 0 Å². The van der Waals surface area contributed by atoms with Gasteiger partial charge in [0.25, 0.3) is 6.43 Å². The number of fused-ring (bicyclic) bond motifs is 1. The molecule has 0 saturated carbocycles. The molecule has 116 valence electrons. The lowest BCUT2D eigenvalue weighted by Crippen LogP contribution is -2.43. The Hall–Kier alpha value is -1.54. The molecular weight excluding hydrogens is 304 g/mol. The fourth-order valence-electron chi connectivity index (χ4n) is 2.33. The third kappa shape index (κ3) is 3.76. The van der Waals surface area contributed by atoms with Gasteiger partial charge in [-0.1, -0.05) is 0 Å². The molecule has 1 aliphatic heterocycles. The number of alkyl halides is 2. The summed E-state index contributed by atoms with van der Waals surface area (Å²) in [7, 11) is 0. The summed E-state index contributed by atoms with van der Waals surface area (Å²) in [6.07, 6.45) is -2.06. The van der Waals surface area contributed by atoms with Crippen LogP contribution in [0.5, 0.6) is 0 Å². The summed E-state index contributed by atoms with van der Waals surface area (Å²) >= 11 is 1.48. The molecule has 5 nitrogen and oxygen atoms in total. The Labute approximate surface area is 124 Å². The van der Waals surface area contributed by atoms with E-state index in [1.54, 1.807) is 11.4 Å². The van der Waals surface area contributed by atoms with Crippen molar-refractivity contribution in [1.29, 1.82) is 0 Å². The Morgan fingerprint density at radius 3 is 2.95 bits per heavy atom. The number of nitrogens with zero attached hydrogens (tertiary/aromatic N) is 1. The highest BCUT2D eigenvalue weighted by molar-refractivity contribution is 7.10. The van der Waals surface area contributed by atoms with E-state index < -0.39 is 31.0 Å². The number of hydrogen-bond donors (Lipinski definition) is 1. The Morgan fingerprint density at radius 1 is 1.52 bits per heavy atom. The summed E-state index contributed by atoms with van der Waals surface area (Å²) in [4.78, 5) is 25.8. The van der Waals surface area contributed by atoms with Gasteiger partial charge in [-0.2, -0.15) is 0 Å². The van der Waals surface area contributed by atoms with Gasteiger partial charge in [0.2, 0.25) is 5.91 Å². The standard InChI is InChI=1S/C13H15F2NO4S/c14-10(15)7-20-5-2-11(17)16-4-1-9-8(3-6-21-9)12(16)13(18)19/h3,6,10,12H,1-2,4-5,7H2,(H,18,19). The number of hydrogen-bond acceptors (Lipinski definition) is 4. The molecule has 1 atom stereocenters. The number of amides is 1. The summed E-state index contributed by atoms with van der Waals surface area (Å²) in [5.74, 6) is -1.48. The van der Waals surface area contributed by atoms with Gasteiger partial charge in [-0.25, -0.2) is 13.6 Å². The average Bonchev–Trinajstić information content (AvgIpc) is 2.89. The van der Waals surface area contributed by atoms with E-state index >= 15 is 0 Å². The quantitative estimate of drug-likeness (QED) is 0.814. The Balaban J connectivity index is 1.98. The summed E-state index contributed by atoms with van der Waals surface area (Å²) < 4.78 is 28.5. The molecule has 1 unspecified atom stereocenters. The fourth-order valence-corrected chi connectivity index (χ4v) is 3.23. The number of aliphatic carboxylic acids is 1. The Morgan fingerprint density at radius 2 is 2.29 bits per heavy atom. The summed E-state index contributed by atoms with van der Waals surface area (Å²) in [6.45, 7) is -0.537. The highest BCUT2D eigenvalue weighted by Crippen LogP contribution is 2.33. The molecule has 1 N–H and O–H groups in total. The maximum atomic E-state index is 12.1. The van der Waals surface area contributed by atoms with E-state index in [2.05, 4.69) is 4.74 Å². The molecular formula is C13H15F2NO4S. The Kier molecular flexibility index (Phi) is 5.24. The molecule has 0 bridgehead atoms. The van der Waals surface area contributed by atoms with Crippen LogP contribution in [-0.4, -0.2) is 48.1 Å². The van der Waals surface area contributed by atoms with Gasteiger partial charge >= 0.3 is 5.97 Å². The zero-order valence-corrected chi connectivity index (χ0v) is 11.9. The molecule has 1 aromatic rings. The van der Waals surface area contributed by atoms with E-state index in [-0.39, 0.29) is 13.0 Å². The average molecular weight is 319 g/mol. The molecule has 0 saturated heterocycles. The maximum Gasteiger partial charge on any atom is 0.331 e. The number of rotatable bonds is 6. The molecule has 2 heterocycles. The second kappa shape index (κ2) is 6.95. The van der Waals surface area contributed by atoms with Gasteiger partial charge in [-0.05, 0) is 23.4 Å². The first-order chi connectivity index (χ1) is 10.0. The van der Waals surface area contributed by atoms with E-state index in [9.17, 15) is 23.5 Å². The second-order valence-corrected chi connectivity index (χ2v) is 5.59. The molecule has 1 aromatic heterocycles. The van der Waals surface area contributed by atoms with Crippen LogP contribution < -0.4 is 0 Å². The van der Waals surface area contributed by atoms with Crippen LogP contribution in [0.4, 0.5) is 8.78 Å². The van der Waals surface area contributed by atoms with E-state index in [1.165, 1.54) is 16.2 Å². The normalized spacial score (nSPS) is 17.9. The minimum atomic E-state index is -2.57. The van der Waals surface area contributed by atoms with Gasteiger partial charge < -0.3 is 14.7 Å². The SMILES string of the molecule is O=C(O)C1c2ccsc2CCN1C(=O)CCOCC(F)F. The van der Waals surface area contributed by atoms with Crippen LogP contribution in [0.2, 0.25) is 0 Å². The van der Waals surface area contributed by atoms with Gasteiger partial charge in [0.15, 0.2) is 6.04 Å². The minimum Gasteiger partial charge on any atom is -0.479 e. The van der Waals surface area contributed by atoms with Gasteiger partial charge in [0.05, 0.1) is 13.0 Å².